The van der Waals surface area contributed by atoms with Crippen molar-refractivity contribution >= 4 is 11.8 Å². The number of hydrogen-bond acceptors (Lipinski definition) is 5. The fraction of sp³-hybridized carbons (Fsp3) is 0.385. The van der Waals surface area contributed by atoms with Crippen LogP contribution in [0.2, 0.25) is 0 Å². The van der Waals surface area contributed by atoms with Crippen LogP contribution in [-0.2, 0) is 6.54 Å². The van der Waals surface area contributed by atoms with Crippen molar-refractivity contribution < 1.29 is 5.11 Å². The van der Waals surface area contributed by atoms with Gasteiger partial charge in [0.25, 0.3) is 5.56 Å². The average Bonchev–Trinajstić information content (AvgIpc) is 2.81. The lowest BCUT2D eigenvalue weighted by Crippen LogP contribution is -2.40. The van der Waals surface area contributed by atoms with E-state index in [-0.39, 0.29) is 17.4 Å². The minimum atomic E-state index is -0.272. The molecule has 3 aromatic rings. The molecular formula is C26H31N3O2S. The van der Waals surface area contributed by atoms with Gasteiger partial charge in [0.1, 0.15) is 5.75 Å². The standard InChI is InChI=1S/C26H31N3O2S/c1-18-10-13-28(14-11-18)25(21-6-8-22(32-3)9-7-21)24-23(30)15-19(2)29(26(24)31)17-20-5-4-12-27-16-20/h4-9,12,15-16,18,25,30H,10-11,13-14,17H2,1-3H3. The van der Waals surface area contributed by atoms with E-state index in [1.807, 2.05) is 19.1 Å². The Kier molecular flexibility index (Phi) is 7.01. The normalized spacial score (nSPS) is 16.2. The Bertz CT molecular complexity index is 1100. The number of likely N-dealkylation sites (tertiary alicyclic amines) is 1. The first-order valence-corrected chi connectivity index (χ1v) is 12.4. The molecule has 5 nitrogen and oxygen atoms in total. The van der Waals surface area contributed by atoms with E-state index in [1.54, 1.807) is 34.8 Å². The van der Waals surface area contributed by atoms with Gasteiger partial charge in [-0.25, -0.2) is 0 Å². The van der Waals surface area contributed by atoms with Crippen molar-refractivity contribution in [3.8, 4) is 5.75 Å². The summed E-state index contributed by atoms with van der Waals surface area (Å²) in [6, 6.07) is 13.7. The Hall–Kier alpha value is -2.57. The van der Waals surface area contributed by atoms with Crippen molar-refractivity contribution in [2.24, 2.45) is 5.92 Å². The highest BCUT2D eigenvalue weighted by Gasteiger charge is 2.31. The summed E-state index contributed by atoms with van der Waals surface area (Å²) in [5, 5.41) is 11.0. The van der Waals surface area contributed by atoms with Crippen molar-refractivity contribution in [2.45, 2.75) is 44.2 Å². The summed E-state index contributed by atoms with van der Waals surface area (Å²) in [7, 11) is 0. The second-order valence-electron chi connectivity index (χ2n) is 8.73. The van der Waals surface area contributed by atoms with Crippen LogP contribution in [0.4, 0.5) is 0 Å². The van der Waals surface area contributed by atoms with Crippen LogP contribution in [-0.4, -0.2) is 38.9 Å². The second-order valence-corrected chi connectivity index (χ2v) is 9.61. The molecule has 2 aromatic heterocycles. The van der Waals surface area contributed by atoms with E-state index in [0.717, 1.165) is 42.8 Å². The maximum Gasteiger partial charge on any atom is 0.259 e. The third-order valence-electron chi connectivity index (χ3n) is 6.47. The lowest BCUT2D eigenvalue weighted by atomic mass is 9.92. The van der Waals surface area contributed by atoms with E-state index in [4.69, 9.17) is 0 Å². The smallest absolute Gasteiger partial charge is 0.259 e. The fourth-order valence-electron chi connectivity index (χ4n) is 4.53. The third-order valence-corrected chi connectivity index (χ3v) is 7.22. The third kappa shape index (κ3) is 4.76. The number of hydrogen-bond donors (Lipinski definition) is 1. The van der Waals surface area contributed by atoms with E-state index in [2.05, 4.69) is 47.3 Å². The van der Waals surface area contributed by atoms with Crippen LogP contribution in [0.15, 0.2) is 64.5 Å². The second kappa shape index (κ2) is 9.92. The molecule has 1 unspecified atom stereocenters. The molecule has 1 aliphatic rings. The summed E-state index contributed by atoms with van der Waals surface area (Å²) in [5.74, 6) is 0.757. The minimum absolute atomic E-state index is 0.0764. The molecule has 0 aliphatic carbocycles. The van der Waals surface area contributed by atoms with E-state index in [1.165, 1.54) is 4.90 Å². The zero-order valence-corrected chi connectivity index (χ0v) is 19.8. The van der Waals surface area contributed by atoms with Gasteiger partial charge in [-0.15, -0.1) is 11.8 Å². The van der Waals surface area contributed by atoms with Gasteiger partial charge >= 0.3 is 0 Å². The summed E-state index contributed by atoms with van der Waals surface area (Å²) in [6.07, 6.45) is 7.75. The molecule has 32 heavy (non-hydrogen) atoms. The van der Waals surface area contributed by atoms with Gasteiger partial charge in [0.05, 0.1) is 18.2 Å². The summed E-state index contributed by atoms with van der Waals surface area (Å²) in [4.78, 5) is 21.5. The van der Waals surface area contributed by atoms with Crippen LogP contribution in [0.3, 0.4) is 0 Å². The molecule has 4 rings (SSSR count). The molecule has 1 atom stereocenters. The van der Waals surface area contributed by atoms with Crippen LogP contribution in [0, 0.1) is 12.8 Å². The minimum Gasteiger partial charge on any atom is -0.507 e. The lowest BCUT2D eigenvalue weighted by Gasteiger charge is -2.37. The molecular weight excluding hydrogens is 418 g/mol. The number of aromatic nitrogens is 2. The Balaban J connectivity index is 1.82. The number of thioether (sulfide) groups is 1. The first kappa shape index (κ1) is 22.6. The Morgan fingerprint density at radius 1 is 1.19 bits per heavy atom. The van der Waals surface area contributed by atoms with Crippen LogP contribution in [0.5, 0.6) is 5.75 Å². The summed E-state index contributed by atoms with van der Waals surface area (Å²) in [5.41, 5.74) is 3.07. The van der Waals surface area contributed by atoms with E-state index >= 15 is 0 Å². The van der Waals surface area contributed by atoms with Crippen molar-refractivity contribution in [3.05, 3.63) is 87.6 Å². The molecule has 0 radical (unpaired) electrons. The largest absolute Gasteiger partial charge is 0.507 e. The zero-order valence-electron chi connectivity index (χ0n) is 19.0. The molecule has 1 saturated heterocycles. The highest BCUT2D eigenvalue weighted by Crippen LogP contribution is 2.35. The number of rotatable bonds is 6. The molecule has 1 aliphatic heterocycles. The molecule has 0 spiro atoms. The summed E-state index contributed by atoms with van der Waals surface area (Å²) < 4.78 is 1.75. The molecule has 1 fully saturated rings. The summed E-state index contributed by atoms with van der Waals surface area (Å²) >= 11 is 1.70. The molecule has 0 amide bonds. The van der Waals surface area contributed by atoms with Gasteiger partial charge < -0.3 is 9.67 Å². The summed E-state index contributed by atoms with van der Waals surface area (Å²) in [6.45, 7) is 6.40. The number of aromatic hydroxyl groups is 1. The van der Waals surface area contributed by atoms with Gasteiger partial charge in [0, 0.05) is 23.0 Å². The number of aryl methyl sites for hydroxylation is 1. The highest BCUT2D eigenvalue weighted by atomic mass is 32.2. The molecule has 1 N–H and O–H groups in total. The zero-order chi connectivity index (χ0) is 22.7. The van der Waals surface area contributed by atoms with Crippen molar-refractivity contribution in [1.29, 1.82) is 0 Å². The number of benzene rings is 1. The topological polar surface area (TPSA) is 58.4 Å². The van der Waals surface area contributed by atoms with Gasteiger partial charge in [0.2, 0.25) is 0 Å². The van der Waals surface area contributed by atoms with Crippen LogP contribution < -0.4 is 5.56 Å². The van der Waals surface area contributed by atoms with Gasteiger partial charge in [0.15, 0.2) is 0 Å². The van der Waals surface area contributed by atoms with Crippen molar-refractivity contribution in [1.82, 2.24) is 14.5 Å². The number of nitrogens with zero attached hydrogens (tertiary/aromatic N) is 3. The van der Waals surface area contributed by atoms with E-state index < -0.39 is 0 Å². The van der Waals surface area contributed by atoms with Gasteiger partial charge in [-0.2, -0.15) is 0 Å². The van der Waals surface area contributed by atoms with E-state index in [9.17, 15) is 9.90 Å². The Morgan fingerprint density at radius 3 is 2.53 bits per heavy atom. The lowest BCUT2D eigenvalue weighted by molar-refractivity contribution is 0.154. The van der Waals surface area contributed by atoms with Gasteiger partial charge in [-0.3, -0.25) is 14.7 Å². The van der Waals surface area contributed by atoms with Gasteiger partial charge in [-0.1, -0.05) is 25.1 Å². The molecule has 0 bridgehead atoms. The molecule has 0 saturated carbocycles. The van der Waals surface area contributed by atoms with Crippen molar-refractivity contribution in [3.63, 3.8) is 0 Å². The van der Waals surface area contributed by atoms with E-state index in [0.29, 0.717) is 18.0 Å². The molecule has 168 valence electrons. The van der Waals surface area contributed by atoms with Crippen molar-refractivity contribution in [2.75, 3.05) is 19.3 Å². The molecule has 6 heteroatoms. The molecule has 1 aromatic carbocycles. The predicted molar refractivity (Wildman–Crippen MR) is 130 cm³/mol. The van der Waals surface area contributed by atoms with Gasteiger partial charge in [-0.05, 0) is 80.4 Å². The number of piperidine rings is 1. The Morgan fingerprint density at radius 2 is 1.91 bits per heavy atom. The SMILES string of the molecule is CSc1ccc(C(c2c(O)cc(C)n(Cc3cccnc3)c2=O)N2CCC(C)CC2)cc1. The van der Waals surface area contributed by atoms with Crippen LogP contribution in [0.1, 0.15) is 48.2 Å². The quantitative estimate of drug-likeness (QED) is 0.545. The first-order valence-electron chi connectivity index (χ1n) is 11.2. The maximum absolute atomic E-state index is 13.8. The molecule has 3 heterocycles. The fourth-order valence-corrected chi connectivity index (χ4v) is 4.94. The monoisotopic (exact) mass is 449 g/mol. The Labute approximate surface area is 194 Å². The average molecular weight is 450 g/mol. The predicted octanol–water partition coefficient (Wildman–Crippen LogP) is 4.85. The first-order chi connectivity index (χ1) is 15.5. The van der Waals surface area contributed by atoms with Crippen LogP contribution in [0.25, 0.3) is 0 Å². The highest BCUT2D eigenvalue weighted by molar-refractivity contribution is 7.98. The van der Waals surface area contributed by atoms with Crippen LogP contribution >= 0.6 is 11.8 Å². The number of pyridine rings is 2. The maximum atomic E-state index is 13.8.